The van der Waals surface area contributed by atoms with Crippen LogP contribution in [0.1, 0.15) is 16.8 Å². The normalized spacial score (nSPS) is 13.7. The monoisotopic (exact) mass is 262 g/mol. The minimum absolute atomic E-state index is 0. The van der Waals surface area contributed by atoms with E-state index in [2.05, 4.69) is 11.9 Å². The lowest BCUT2D eigenvalue weighted by Crippen LogP contribution is -1.89. The van der Waals surface area contributed by atoms with E-state index in [4.69, 9.17) is 5.73 Å². The van der Waals surface area contributed by atoms with Crippen LogP contribution >= 0.6 is 12.4 Å². The lowest BCUT2D eigenvalue weighted by atomic mass is 10.0. The zero-order chi connectivity index (χ0) is 12.0. The number of aryl methyl sites for hydroxylation is 1. The van der Waals surface area contributed by atoms with Crippen LogP contribution in [0.4, 0.5) is 5.69 Å². The van der Waals surface area contributed by atoms with Crippen LogP contribution < -0.4 is 5.73 Å². The molecule has 1 aliphatic carbocycles. The third-order valence-electron chi connectivity index (χ3n) is 3.24. The highest BCUT2D eigenvalue weighted by Crippen LogP contribution is 2.32. The Morgan fingerprint density at radius 1 is 1.33 bits per heavy atom. The lowest BCUT2D eigenvalue weighted by molar-refractivity contribution is 0.437. The predicted molar refractivity (Wildman–Crippen MR) is 78.1 cm³/mol. The molecule has 1 aromatic heterocycles. The zero-order valence-corrected chi connectivity index (χ0v) is 10.8. The molecule has 0 saturated carbocycles. The first kappa shape index (κ1) is 12.6. The van der Waals surface area contributed by atoms with Crippen molar-refractivity contribution in [1.29, 1.82) is 0 Å². The van der Waals surface area contributed by atoms with Crippen LogP contribution in [0.15, 0.2) is 30.0 Å². The van der Waals surface area contributed by atoms with E-state index in [9.17, 15) is 5.11 Å². The van der Waals surface area contributed by atoms with Gasteiger partial charge >= 0.3 is 0 Å². The van der Waals surface area contributed by atoms with E-state index in [0.717, 1.165) is 34.3 Å². The summed E-state index contributed by atoms with van der Waals surface area (Å²) in [5.41, 5.74) is 11.2. The number of allylic oxidation sites excluding steroid dienone is 2. The molecule has 94 valence electrons. The number of hydrogen-bond donors (Lipinski definition) is 3. The number of aromatic amines is 1. The van der Waals surface area contributed by atoms with Gasteiger partial charge in [0.25, 0.3) is 0 Å². The highest BCUT2D eigenvalue weighted by Gasteiger charge is 2.14. The molecule has 0 saturated heterocycles. The molecule has 4 N–H and O–H groups in total. The second-order valence-electron chi connectivity index (χ2n) is 4.41. The van der Waals surface area contributed by atoms with Crippen molar-refractivity contribution >= 4 is 35.1 Å². The number of halogens is 1. The Kier molecular flexibility index (Phi) is 3.09. The third kappa shape index (κ3) is 1.77. The summed E-state index contributed by atoms with van der Waals surface area (Å²) in [6.45, 7) is 2.05. The van der Waals surface area contributed by atoms with Crippen molar-refractivity contribution in [2.24, 2.45) is 0 Å². The van der Waals surface area contributed by atoms with Crippen LogP contribution in [0.3, 0.4) is 0 Å². The molecule has 0 fully saturated rings. The van der Waals surface area contributed by atoms with Crippen molar-refractivity contribution in [2.75, 3.05) is 5.73 Å². The third-order valence-corrected chi connectivity index (χ3v) is 3.24. The minimum atomic E-state index is 0. The Balaban J connectivity index is 0.00000120. The Morgan fingerprint density at radius 2 is 2.11 bits per heavy atom. The van der Waals surface area contributed by atoms with E-state index < -0.39 is 0 Å². The smallest absolute Gasteiger partial charge is 0.117 e. The number of aromatic nitrogens is 1. The van der Waals surface area contributed by atoms with Crippen LogP contribution in [0.2, 0.25) is 0 Å². The van der Waals surface area contributed by atoms with E-state index in [1.807, 2.05) is 18.2 Å². The van der Waals surface area contributed by atoms with Crippen molar-refractivity contribution < 1.29 is 5.11 Å². The van der Waals surface area contributed by atoms with Gasteiger partial charge in [0.1, 0.15) is 5.76 Å². The summed E-state index contributed by atoms with van der Waals surface area (Å²) in [6, 6.07) is 3.94. The number of anilines is 1. The molecule has 3 nitrogen and oxygen atoms in total. The van der Waals surface area contributed by atoms with Gasteiger partial charge in [0.15, 0.2) is 0 Å². The number of nitrogens with one attached hydrogen (secondary N) is 1. The molecular formula is C14H15ClN2O. The highest BCUT2D eigenvalue weighted by molar-refractivity contribution is 5.98. The molecule has 3 rings (SSSR count). The maximum Gasteiger partial charge on any atom is 0.117 e. The molecule has 18 heavy (non-hydrogen) atoms. The average molecular weight is 263 g/mol. The molecule has 0 amide bonds. The molecule has 0 radical (unpaired) electrons. The van der Waals surface area contributed by atoms with Crippen molar-refractivity contribution in [2.45, 2.75) is 13.3 Å². The summed E-state index contributed by atoms with van der Waals surface area (Å²) < 4.78 is 0. The van der Waals surface area contributed by atoms with Crippen molar-refractivity contribution in [3.05, 3.63) is 46.9 Å². The Labute approximate surface area is 111 Å². The SMILES string of the molecule is Cc1ccc(N)c2c3c([nH]c12)C=C(O)C=CC3.Cl. The van der Waals surface area contributed by atoms with Gasteiger partial charge < -0.3 is 15.8 Å². The largest absolute Gasteiger partial charge is 0.508 e. The molecule has 0 aliphatic heterocycles. The Hall–Kier alpha value is -1.87. The van der Waals surface area contributed by atoms with E-state index in [1.165, 1.54) is 5.56 Å². The van der Waals surface area contributed by atoms with Gasteiger partial charge in [-0.1, -0.05) is 12.1 Å². The van der Waals surface area contributed by atoms with Gasteiger partial charge in [0, 0.05) is 22.8 Å². The quantitative estimate of drug-likeness (QED) is 0.637. The molecule has 1 aliphatic rings. The second kappa shape index (κ2) is 4.42. The van der Waals surface area contributed by atoms with Crippen molar-refractivity contribution in [3.8, 4) is 0 Å². The van der Waals surface area contributed by atoms with Gasteiger partial charge in [0.05, 0.1) is 5.52 Å². The maximum atomic E-state index is 9.62. The van der Waals surface area contributed by atoms with E-state index >= 15 is 0 Å². The van der Waals surface area contributed by atoms with Crippen LogP contribution in [-0.4, -0.2) is 10.1 Å². The molecule has 0 atom stereocenters. The van der Waals surface area contributed by atoms with Crippen LogP contribution in [0.5, 0.6) is 0 Å². The summed E-state index contributed by atoms with van der Waals surface area (Å²) in [6.07, 6.45) is 6.19. The molecule has 2 aromatic rings. The predicted octanol–water partition coefficient (Wildman–Crippen LogP) is 3.49. The van der Waals surface area contributed by atoms with Gasteiger partial charge in [-0.2, -0.15) is 0 Å². The van der Waals surface area contributed by atoms with E-state index in [1.54, 1.807) is 12.2 Å². The fraction of sp³-hybridized carbons (Fsp3) is 0.143. The van der Waals surface area contributed by atoms with Crippen LogP contribution in [0, 0.1) is 6.92 Å². The molecule has 0 spiro atoms. The highest BCUT2D eigenvalue weighted by atomic mass is 35.5. The topological polar surface area (TPSA) is 62.0 Å². The number of nitrogen functional groups attached to an aromatic ring is 1. The van der Waals surface area contributed by atoms with Gasteiger partial charge in [-0.25, -0.2) is 0 Å². The van der Waals surface area contributed by atoms with Crippen molar-refractivity contribution in [1.82, 2.24) is 4.98 Å². The van der Waals surface area contributed by atoms with Gasteiger partial charge in [-0.05, 0) is 36.6 Å². The molecule has 4 heteroatoms. The molecule has 0 unspecified atom stereocenters. The number of nitrogens with two attached hydrogens (primary N) is 1. The first-order valence-electron chi connectivity index (χ1n) is 5.63. The number of H-pyrrole nitrogens is 1. The second-order valence-corrected chi connectivity index (χ2v) is 4.41. The number of fused-ring (bicyclic) bond motifs is 3. The first-order chi connectivity index (χ1) is 8.16. The van der Waals surface area contributed by atoms with E-state index in [-0.39, 0.29) is 18.2 Å². The summed E-state index contributed by atoms with van der Waals surface area (Å²) in [5.74, 6) is 0.270. The molecular weight excluding hydrogens is 248 g/mol. The van der Waals surface area contributed by atoms with Gasteiger partial charge in [-0.15, -0.1) is 12.4 Å². The molecule has 1 heterocycles. The Bertz CT molecular complexity index is 668. The summed E-state index contributed by atoms with van der Waals surface area (Å²) in [7, 11) is 0. The fourth-order valence-corrected chi connectivity index (χ4v) is 2.38. The van der Waals surface area contributed by atoms with Gasteiger partial charge in [-0.3, -0.25) is 0 Å². The van der Waals surface area contributed by atoms with Crippen LogP contribution in [0.25, 0.3) is 17.0 Å². The standard InChI is InChI=1S/C14H14N2O.ClH/c1-8-5-6-11(15)13-10-4-2-3-9(17)7-12(10)16-14(8)13;/h2-3,5-7,16-17H,4,15H2,1H3;1H. The summed E-state index contributed by atoms with van der Waals surface area (Å²) >= 11 is 0. The number of aliphatic hydroxyl groups excluding tert-OH is 1. The summed E-state index contributed by atoms with van der Waals surface area (Å²) in [4.78, 5) is 3.34. The van der Waals surface area contributed by atoms with Gasteiger partial charge in [0.2, 0.25) is 0 Å². The minimum Gasteiger partial charge on any atom is -0.508 e. The first-order valence-corrected chi connectivity index (χ1v) is 5.63. The summed E-state index contributed by atoms with van der Waals surface area (Å²) in [5, 5.41) is 10.7. The average Bonchev–Trinajstić information content (AvgIpc) is 2.55. The van der Waals surface area contributed by atoms with Crippen LogP contribution in [-0.2, 0) is 6.42 Å². The lowest BCUT2D eigenvalue weighted by Gasteiger charge is -2.02. The Morgan fingerprint density at radius 3 is 2.89 bits per heavy atom. The molecule has 0 bridgehead atoms. The van der Waals surface area contributed by atoms with E-state index in [0.29, 0.717) is 0 Å². The fourth-order valence-electron chi connectivity index (χ4n) is 2.38. The maximum absolute atomic E-state index is 9.62. The number of aliphatic hydroxyl groups is 1. The van der Waals surface area contributed by atoms with Crippen molar-refractivity contribution in [3.63, 3.8) is 0 Å². The number of hydrogen-bond acceptors (Lipinski definition) is 2. The number of benzene rings is 1. The molecule has 1 aromatic carbocycles. The number of rotatable bonds is 0. The zero-order valence-electron chi connectivity index (χ0n) is 10.0.